The van der Waals surface area contributed by atoms with Crippen LogP contribution in [0, 0.1) is 0 Å². The number of alkyl carbamates (subject to hydrolysis) is 1. The van der Waals surface area contributed by atoms with E-state index in [9.17, 15) is 22.8 Å². The van der Waals surface area contributed by atoms with E-state index in [-0.39, 0.29) is 30.5 Å². The smallest absolute Gasteiger partial charge is 0.407 e. The quantitative estimate of drug-likeness (QED) is 0.626. The number of sulfone groups is 1. The number of hydrogen-bond donors (Lipinski definition) is 2. The second-order valence-electron chi connectivity index (χ2n) is 8.15. The molecule has 2 aromatic carbocycles. The predicted molar refractivity (Wildman–Crippen MR) is 119 cm³/mol. The number of carbonyl (C=O) groups excluding carboxylic acids is 2. The van der Waals surface area contributed by atoms with E-state index in [4.69, 9.17) is 9.84 Å². The van der Waals surface area contributed by atoms with Crippen molar-refractivity contribution in [1.82, 2.24) is 10.2 Å². The Bertz CT molecular complexity index is 1150. The summed E-state index contributed by atoms with van der Waals surface area (Å²) in [7, 11) is -3.31. The molecule has 1 fully saturated rings. The molecule has 1 saturated heterocycles. The van der Waals surface area contributed by atoms with Crippen molar-refractivity contribution >= 4 is 27.8 Å². The molecule has 2 N–H and O–H groups in total. The third-order valence-electron chi connectivity index (χ3n) is 6.00. The van der Waals surface area contributed by atoms with Crippen LogP contribution >= 0.6 is 0 Å². The van der Waals surface area contributed by atoms with Gasteiger partial charge in [-0.1, -0.05) is 48.5 Å². The molecule has 0 bridgehead atoms. The van der Waals surface area contributed by atoms with E-state index in [1.165, 1.54) is 0 Å². The molecular formula is C23H24N2O7S. The molecule has 0 saturated carbocycles. The van der Waals surface area contributed by atoms with Crippen molar-refractivity contribution in [2.75, 3.05) is 31.2 Å². The number of carboxylic acids is 1. The summed E-state index contributed by atoms with van der Waals surface area (Å²) in [5.74, 6) is -2.44. The summed E-state index contributed by atoms with van der Waals surface area (Å²) in [6.07, 6.45) is -0.633. The van der Waals surface area contributed by atoms with E-state index < -0.39 is 46.9 Å². The van der Waals surface area contributed by atoms with E-state index in [1.54, 1.807) is 0 Å². The fourth-order valence-corrected chi connectivity index (χ4v) is 6.22. The summed E-state index contributed by atoms with van der Waals surface area (Å²) in [5, 5.41) is 11.5. The molecule has 1 aliphatic heterocycles. The van der Waals surface area contributed by atoms with Gasteiger partial charge in [0.1, 0.15) is 19.7 Å². The molecule has 0 aromatic heterocycles. The molecule has 4 rings (SSSR count). The van der Waals surface area contributed by atoms with Crippen LogP contribution in [0.3, 0.4) is 0 Å². The Kier molecular flexibility index (Phi) is 6.37. The Hall–Kier alpha value is -3.40. The molecule has 2 amide bonds. The number of ether oxygens (including phenoxy) is 1. The highest BCUT2D eigenvalue weighted by Gasteiger charge is 2.35. The predicted octanol–water partition coefficient (Wildman–Crippen LogP) is 1.63. The zero-order chi connectivity index (χ0) is 23.6. The summed E-state index contributed by atoms with van der Waals surface area (Å²) in [4.78, 5) is 37.0. The van der Waals surface area contributed by atoms with Crippen molar-refractivity contribution < 1.29 is 32.6 Å². The molecule has 1 heterocycles. The summed E-state index contributed by atoms with van der Waals surface area (Å²) < 4.78 is 28.8. The zero-order valence-electron chi connectivity index (χ0n) is 17.8. The van der Waals surface area contributed by atoms with Gasteiger partial charge in [-0.15, -0.1) is 0 Å². The molecule has 174 valence electrons. The lowest BCUT2D eigenvalue weighted by atomic mass is 9.98. The maximum atomic E-state index is 12.6. The monoisotopic (exact) mass is 472 g/mol. The van der Waals surface area contributed by atoms with Gasteiger partial charge in [-0.05, 0) is 28.7 Å². The van der Waals surface area contributed by atoms with Crippen LogP contribution in [0.2, 0.25) is 0 Å². The molecule has 33 heavy (non-hydrogen) atoms. The van der Waals surface area contributed by atoms with E-state index in [0.29, 0.717) is 0 Å². The Morgan fingerprint density at radius 3 is 2.18 bits per heavy atom. The third-order valence-corrected chi connectivity index (χ3v) is 7.75. The highest BCUT2D eigenvalue weighted by molar-refractivity contribution is 7.91. The molecular weight excluding hydrogens is 448 g/mol. The van der Waals surface area contributed by atoms with Crippen LogP contribution < -0.4 is 5.32 Å². The van der Waals surface area contributed by atoms with E-state index >= 15 is 0 Å². The van der Waals surface area contributed by atoms with Crippen LogP contribution in [-0.4, -0.2) is 73.6 Å². The van der Waals surface area contributed by atoms with E-state index in [0.717, 1.165) is 27.2 Å². The Morgan fingerprint density at radius 1 is 1.03 bits per heavy atom. The fraction of sp³-hybridized carbons (Fsp3) is 0.348. The number of fused-ring (bicyclic) bond motifs is 3. The van der Waals surface area contributed by atoms with Crippen molar-refractivity contribution in [3.05, 3.63) is 59.7 Å². The average Bonchev–Trinajstić information content (AvgIpc) is 3.31. The van der Waals surface area contributed by atoms with Crippen LogP contribution in [0.5, 0.6) is 0 Å². The van der Waals surface area contributed by atoms with Crippen LogP contribution in [0.1, 0.15) is 23.5 Å². The first-order chi connectivity index (χ1) is 15.7. The lowest BCUT2D eigenvalue weighted by Gasteiger charge is -2.26. The number of benzene rings is 2. The molecule has 2 aliphatic rings. The summed E-state index contributed by atoms with van der Waals surface area (Å²) in [5.41, 5.74) is 4.29. The summed E-state index contributed by atoms with van der Waals surface area (Å²) in [6, 6.07) is 15.1. The van der Waals surface area contributed by atoms with Gasteiger partial charge < -0.3 is 20.1 Å². The van der Waals surface area contributed by atoms with Crippen molar-refractivity contribution in [1.29, 1.82) is 0 Å². The van der Waals surface area contributed by atoms with Crippen LogP contribution in [0.15, 0.2) is 48.5 Å². The summed E-state index contributed by atoms with van der Waals surface area (Å²) in [6.45, 7) is -1.04. The minimum absolute atomic E-state index is 0.0771. The van der Waals surface area contributed by atoms with Gasteiger partial charge in [-0.2, -0.15) is 0 Å². The van der Waals surface area contributed by atoms with Crippen molar-refractivity contribution in [3.63, 3.8) is 0 Å². The molecule has 2 aromatic rings. The van der Waals surface area contributed by atoms with Gasteiger partial charge in [0.15, 0.2) is 9.84 Å². The first-order valence-corrected chi connectivity index (χ1v) is 12.4. The Labute approximate surface area is 191 Å². The van der Waals surface area contributed by atoms with Crippen LogP contribution in [0.4, 0.5) is 4.79 Å². The number of nitrogens with zero attached hydrogens (tertiary/aromatic N) is 1. The fourth-order valence-electron chi connectivity index (χ4n) is 4.49. The minimum Gasteiger partial charge on any atom is -0.480 e. The molecule has 0 radical (unpaired) electrons. The minimum atomic E-state index is -3.31. The normalized spacial score (nSPS) is 18.2. The number of nitrogens with one attached hydrogen (secondary N) is 1. The van der Waals surface area contributed by atoms with Crippen molar-refractivity contribution in [2.45, 2.75) is 18.4 Å². The maximum absolute atomic E-state index is 12.6. The van der Waals surface area contributed by atoms with Gasteiger partial charge in [0.05, 0.1) is 11.5 Å². The van der Waals surface area contributed by atoms with Gasteiger partial charge in [0.25, 0.3) is 0 Å². The Morgan fingerprint density at radius 2 is 1.64 bits per heavy atom. The standard InChI is InChI=1S/C23H24N2O7S/c26-21(25(12-22(27)28)15-9-10-33(30,31)14-15)11-24-23(29)32-13-20-18-7-3-1-5-16(18)17-6-2-4-8-19(17)20/h1-8,15,20H,9-14H2,(H,24,29)(H,27,28). The van der Waals surface area contributed by atoms with Gasteiger partial charge in [-0.3, -0.25) is 9.59 Å². The van der Waals surface area contributed by atoms with E-state index in [1.807, 2.05) is 48.5 Å². The molecule has 1 unspecified atom stereocenters. The highest BCUT2D eigenvalue weighted by Crippen LogP contribution is 2.44. The lowest BCUT2D eigenvalue weighted by molar-refractivity contribution is -0.145. The Balaban J connectivity index is 1.35. The molecule has 1 aliphatic carbocycles. The van der Waals surface area contributed by atoms with Gasteiger partial charge in [-0.25, -0.2) is 13.2 Å². The van der Waals surface area contributed by atoms with Gasteiger partial charge in [0.2, 0.25) is 5.91 Å². The van der Waals surface area contributed by atoms with Crippen LogP contribution in [0.25, 0.3) is 11.1 Å². The topological polar surface area (TPSA) is 130 Å². The average molecular weight is 473 g/mol. The maximum Gasteiger partial charge on any atom is 0.407 e. The van der Waals surface area contributed by atoms with E-state index in [2.05, 4.69) is 5.32 Å². The van der Waals surface area contributed by atoms with Gasteiger partial charge in [0, 0.05) is 12.0 Å². The molecule has 9 nitrogen and oxygen atoms in total. The number of aliphatic carboxylic acids is 1. The van der Waals surface area contributed by atoms with Crippen molar-refractivity contribution in [3.8, 4) is 11.1 Å². The SMILES string of the molecule is O=C(O)CN(C(=O)CNC(=O)OCC1c2ccccc2-c2ccccc21)C1CCS(=O)(=O)C1. The number of carboxylic acid groups (broad SMARTS) is 1. The first-order valence-electron chi connectivity index (χ1n) is 10.6. The third kappa shape index (κ3) is 5.00. The second kappa shape index (κ2) is 9.22. The number of carbonyl (C=O) groups is 3. The summed E-state index contributed by atoms with van der Waals surface area (Å²) >= 11 is 0. The highest BCUT2D eigenvalue weighted by atomic mass is 32.2. The molecule has 10 heteroatoms. The number of hydrogen-bond acceptors (Lipinski definition) is 6. The zero-order valence-corrected chi connectivity index (χ0v) is 18.6. The first kappa shape index (κ1) is 22.8. The van der Waals surface area contributed by atoms with Crippen LogP contribution in [-0.2, 0) is 24.2 Å². The molecule has 0 spiro atoms. The lowest BCUT2D eigenvalue weighted by Crippen LogP contribution is -2.48. The second-order valence-corrected chi connectivity index (χ2v) is 10.4. The molecule has 1 atom stereocenters. The van der Waals surface area contributed by atoms with Gasteiger partial charge >= 0.3 is 12.1 Å². The number of amides is 2. The van der Waals surface area contributed by atoms with Crippen molar-refractivity contribution in [2.24, 2.45) is 0 Å². The largest absolute Gasteiger partial charge is 0.480 e. The number of rotatable bonds is 7.